The fourth-order valence-corrected chi connectivity index (χ4v) is 2.27. The molecule has 2 aromatic rings. The average Bonchev–Trinajstić information content (AvgIpc) is 2.69. The zero-order valence-electron chi connectivity index (χ0n) is 14.8. The summed E-state index contributed by atoms with van der Waals surface area (Å²) in [5.41, 5.74) is 6.96. The molecular weight excluding hydrogens is 348 g/mol. The van der Waals surface area contributed by atoms with Gasteiger partial charge in [-0.1, -0.05) is 60.7 Å². The number of nitrogens with two attached hydrogens (primary N) is 1. The van der Waals surface area contributed by atoms with Crippen LogP contribution in [-0.4, -0.2) is 24.0 Å². The van der Waals surface area contributed by atoms with Gasteiger partial charge < -0.3 is 20.5 Å². The fourth-order valence-electron chi connectivity index (χ4n) is 2.27. The third-order valence-electron chi connectivity index (χ3n) is 3.73. The monoisotopic (exact) mass is 370 g/mol. The standard InChI is InChI=1S/C20H22N2O5/c21-19(24)17(22-20(25)27-14-16-9-5-2-6-10-16)11-12-18(23)26-13-15-7-3-1-4-8-15/h1-10,17H,11-14H2,(H2,21,24)(H,22,25). The van der Waals surface area contributed by atoms with Crippen molar-refractivity contribution in [3.05, 3.63) is 71.8 Å². The van der Waals surface area contributed by atoms with Crippen molar-refractivity contribution in [3.8, 4) is 0 Å². The molecular formula is C20H22N2O5. The van der Waals surface area contributed by atoms with E-state index in [0.29, 0.717) is 0 Å². The van der Waals surface area contributed by atoms with Crippen LogP contribution in [0.4, 0.5) is 4.79 Å². The third-order valence-corrected chi connectivity index (χ3v) is 3.73. The lowest BCUT2D eigenvalue weighted by Crippen LogP contribution is -2.44. The number of esters is 1. The van der Waals surface area contributed by atoms with Gasteiger partial charge in [-0.2, -0.15) is 0 Å². The maximum absolute atomic E-state index is 11.8. The normalized spacial score (nSPS) is 11.3. The van der Waals surface area contributed by atoms with Crippen LogP contribution in [0.5, 0.6) is 0 Å². The Morgan fingerprint density at radius 1 is 0.852 bits per heavy atom. The first kappa shape index (κ1) is 20.0. The van der Waals surface area contributed by atoms with Crippen LogP contribution in [0, 0.1) is 0 Å². The lowest BCUT2D eigenvalue weighted by molar-refractivity contribution is -0.145. The van der Waals surface area contributed by atoms with Gasteiger partial charge in [0, 0.05) is 6.42 Å². The molecule has 0 aliphatic carbocycles. The van der Waals surface area contributed by atoms with Crippen molar-refractivity contribution >= 4 is 18.0 Å². The van der Waals surface area contributed by atoms with E-state index in [-0.39, 0.29) is 26.1 Å². The van der Waals surface area contributed by atoms with E-state index in [1.54, 1.807) is 0 Å². The molecule has 2 amide bonds. The molecule has 0 aliphatic heterocycles. The number of hydrogen-bond donors (Lipinski definition) is 2. The smallest absolute Gasteiger partial charge is 0.408 e. The fraction of sp³-hybridized carbons (Fsp3) is 0.250. The topological polar surface area (TPSA) is 108 Å². The molecule has 0 radical (unpaired) electrons. The van der Waals surface area contributed by atoms with Gasteiger partial charge in [0.25, 0.3) is 0 Å². The zero-order chi connectivity index (χ0) is 19.5. The lowest BCUT2D eigenvalue weighted by atomic mass is 10.1. The minimum absolute atomic E-state index is 0.0311. The van der Waals surface area contributed by atoms with Crippen LogP contribution in [0.2, 0.25) is 0 Å². The molecule has 27 heavy (non-hydrogen) atoms. The number of amides is 2. The Labute approximate surface area is 157 Å². The highest BCUT2D eigenvalue weighted by molar-refractivity contribution is 5.84. The zero-order valence-corrected chi connectivity index (χ0v) is 14.8. The van der Waals surface area contributed by atoms with Gasteiger partial charge in [-0.05, 0) is 17.5 Å². The summed E-state index contributed by atoms with van der Waals surface area (Å²) in [4.78, 5) is 35.2. The van der Waals surface area contributed by atoms with Gasteiger partial charge in [0.15, 0.2) is 0 Å². The number of alkyl carbamates (subject to hydrolysis) is 1. The Morgan fingerprint density at radius 2 is 1.37 bits per heavy atom. The van der Waals surface area contributed by atoms with Crippen molar-refractivity contribution in [2.45, 2.75) is 32.1 Å². The molecule has 2 rings (SSSR count). The van der Waals surface area contributed by atoms with E-state index >= 15 is 0 Å². The van der Waals surface area contributed by atoms with Crippen LogP contribution in [-0.2, 0) is 32.3 Å². The summed E-state index contributed by atoms with van der Waals surface area (Å²) in [7, 11) is 0. The molecule has 0 aliphatic rings. The molecule has 0 heterocycles. The van der Waals surface area contributed by atoms with Crippen molar-refractivity contribution in [1.82, 2.24) is 5.32 Å². The molecule has 142 valence electrons. The Kier molecular flexibility index (Phi) is 7.84. The van der Waals surface area contributed by atoms with E-state index in [0.717, 1.165) is 11.1 Å². The summed E-state index contributed by atoms with van der Waals surface area (Å²) in [5.74, 6) is -1.23. The molecule has 0 aromatic heterocycles. The average molecular weight is 370 g/mol. The van der Waals surface area contributed by atoms with Gasteiger partial charge >= 0.3 is 12.1 Å². The summed E-state index contributed by atoms with van der Waals surface area (Å²) < 4.78 is 10.2. The first-order valence-corrected chi connectivity index (χ1v) is 8.50. The number of nitrogens with one attached hydrogen (secondary N) is 1. The molecule has 7 nitrogen and oxygen atoms in total. The van der Waals surface area contributed by atoms with Gasteiger partial charge in [0.05, 0.1) is 0 Å². The largest absolute Gasteiger partial charge is 0.461 e. The summed E-state index contributed by atoms with van der Waals surface area (Å²) in [6.07, 6.45) is -0.802. The van der Waals surface area contributed by atoms with E-state index in [4.69, 9.17) is 15.2 Å². The molecule has 1 atom stereocenters. The number of carbonyl (C=O) groups is 3. The first-order chi connectivity index (χ1) is 13.0. The van der Waals surface area contributed by atoms with Crippen LogP contribution in [0.3, 0.4) is 0 Å². The first-order valence-electron chi connectivity index (χ1n) is 8.50. The van der Waals surface area contributed by atoms with Gasteiger partial charge in [0.1, 0.15) is 19.3 Å². The minimum atomic E-state index is -1.02. The summed E-state index contributed by atoms with van der Waals surface area (Å²) in [6.45, 7) is 0.213. The van der Waals surface area contributed by atoms with E-state index in [1.807, 2.05) is 60.7 Å². The Hall–Kier alpha value is -3.35. The number of ether oxygens (including phenoxy) is 2. The molecule has 0 bridgehead atoms. The number of carbonyl (C=O) groups excluding carboxylic acids is 3. The molecule has 0 spiro atoms. The van der Waals surface area contributed by atoms with E-state index in [1.165, 1.54) is 0 Å². The summed E-state index contributed by atoms with van der Waals surface area (Å²) >= 11 is 0. The van der Waals surface area contributed by atoms with Crippen molar-refractivity contribution in [1.29, 1.82) is 0 Å². The molecule has 0 fully saturated rings. The van der Waals surface area contributed by atoms with Crippen molar-refractivity contribution in [2.75, 3.05) is 0 Å². The molecule has 3 N–H and O–H groups in total. The second-order valence-electron chi connectivity index (χ2n) is 5.85. The molecule has 7 heteroatoms. The predicted molar refractivity (Wildman–Crippen MR) is 98.2 cm³/mol. The highest BCUT2D eigenvalue weighted by Crippen LogP contribution is 2.05. The molecule has 1 unspecified atom stereocenters. The molecule has 0 saturated heterocycles. The number of benzene rings is 2. The van der Waals surface area contributed by atoms with Crippen LogP contribution < -0.4 is 11.1 Å². The van der Waals surface area contributed by atoms with Crippen LogP contribution >= 0.6 is 0 Å². The third kappa shape index (κ3) is 7.60. The van der Waals surface area contributed by atoms with Crippen molar-refractivity contribution in [3.63, 3.8) is 0 Å². The van der Waals surface area contributed by atoms with E-state index < -0.39 is 24.0 Å². The van der Waals surface area contributed by atoms with E-state index in [9.17, 15) is 14.4 Å². The lowest BCUT2D eigenvalue weighted by Gasteiger charge is -2.15. The number of hydrogen-bond acceptors (Lipinski definition) is 5. The van der Waals surface area contributed by atoms with Crippen LogP contribution in [0.1, 0.15) is 24.0 Å². The SMILES string of the molecule is NC(=O)C(CCC(=O)OCc1ccccc1)NC(=O)OCc1ccccc1. The Morgan fingerprint density at radius 3 is 1.89 bits per heavy atom. The minimum Gasteiger partial charge on any atom is -0.461 e. The van der Waals surface area contributed by atoms with Crippen molar-refractivity contribution in [2.24, 2.45) is 5.73 Å². The Balaban J connectivity index is 1.73. The summed E-state index contributed by atoms with van der Waals surface area (Å²) in [6, 6.07) is 17.3. The number of rotatable bonds is 9. The summed E-state index contributed by atoms with van der Waals surface area (Å²) in [5, 5.41) is 2.37. The quantitative estimate of drug-likeness (QED) is 0.659. The maximum atomic E-state index is 11.8. The maximum Gasteiger partial charge on any atom is 0.408 e. The van der Waals surface area contributed by atoms with Crippen molar-refractivity contribution < 1.29 is 23.9 Å². The van der Waals surface area contributed by atoms with Crippen LogP contribution in [0.25, 0.3) is 0 Å². The molecule has 2 aromatic carbocycles. The number of primary amides is 1. The van der Waals surface area contributed by atoms with Gasteiger partial charge in [-0.3, -0.25) is 9.59 Å². The second-order valence-corrected chi connectivity index (χ2v) is 5.85. The van der Waals surface area contributed by atoms with Crippen LogP contribution in [0.15, 0.2) is 60.7 Å². The van der Waals surface area contributed by atoms with Gasteiger partial charge in [-0.15, -0.1) is 0 Å². The Bertz CT molecular complexity index is 749. The predicted octanol–water partition coefficient (Wildman–Crippen LogP) is 2.29. The highest BCUT2D eigenvalue weighted by atomic mass is 16.5. The van der Waals surface area contributed by atoms with E-state index in [2.05, 4.69) is 5.32 Å². The van der Waals surface area contributed by atoms with Gasteiger partial charge in [-0.25, -0.2) is 4.79 Å². The highest BCUT2D eigenvalue weighted by Gasteiger charge is 2.20. The molecule has 0 saturated carbocycles. The second kappa shape index (κ2) is 10.6. The van der Waals surface area contributed by atoms with Gasteiger partial charge in [0.2, 0.25) is 5.91 Å².